The Morgan fingerprint density at radius 3 is 2.38 bits per heavy atom. The summed E-state index contributed by atoms with van der Waals surface area (Å²) < 4.78 is 62.0. The van der Waals surface area contributed by atoms with Gasteiger partial charge in [0.05, 0.1) is 25.6 Å². The number of nitrogens with one attached hydrogen (secondary N) is 2. The third-order valence-electron chi connectivity index (χ3n) is 7.64. The maximum Gasteiger partial charge on any atom is 0.481 e. The number of thioether (sulfide) groups is 1. The van der Waals surface area contributed by atoms with E-state index in [4.69, 9.17) is 19.5 Å². The van der Waals surface area contributed by atoms with Gasteiger partial charge >= 0.3 is 23.5 Å². The van der Waals surface area contributed by atoms with Crippen LogP contribution in [-0.2, 0) is 50.7 Å². The van der Waals surface area contributed by atoms with E-state index in [1.807, 2.05) is 0 Å². The zero-order valence-electron chi connectivity index (χ0n) is 29.5. The lowest BCUT2D eigenvalue weighted by atomic mass is 9.87. The van der Waals surface area contributed by atoms with E-state index in [0.29, 0.717) is 6.42 Å². The van der Waals surface area contributed by atoms with E-state index in [0.717, 1.165) is 29.0 Å². The number of nitrogens with zero attached hydrogens (tertiary/aromatic N) is 4. The van der Waals surface area contributed by atoms with E-state index in [2.05, 4.69) is 34.4 Å². The summed E-state index contributed by atoms with van der Waals surface area (Å²) in [4.78, 5) is 87.1. The smallest absolute Gasteiger partial charge is 0.393 e. The zero-order valence-corrected chi connectivity index (χ0v) is 33.0. The number of fused-ring (bicyclic) bond motifs is 1. The first-order chi connectivity index (χ1) is 25.4. The Morgan fingerprint density at radius 2 is 1.73 bits per heavy atom. The molecule has 55 heavy (non-hydrogen) atoms. The van der Waals surface area contributed by atoms with Crippen LogP contribution >= 0.6 is 35.2 Å². The molecule has 25 nitrogen and oxygen atoms in total. The number of rotatable bonds is 22. The number of amides is 2. The van der Waals surface area contributed by atoms with Gasteiger partial charge in [-0.15, -0.1) is 0 Å². The van der Waals surface area contributed by atoms with Crippen LogP contribution < -0.4 is 16.4 Å². The molecule has 3 rings (SSSR count). The van der Waals surface area contributed by atoms with E-state index in [9.17, 15) is 63.0 Å². The molecule has 3 unspecified atom stereocenters. The van der Waals surface area contributed by atoms with Gasteiger partial charge in [0, 0.05) is 37.1 Å². The van der Waals surface area contributed by atoms with Gasteiger partial charge in [-0.2, -0.15) is 4.31 Å². The lowest BCUT2D eigenvalue weighted by Gasteiger charge is -2.30. The summed E-state index contributed by atoms with van der Waals surface area (Å²) in [5.74, 6) is -1.25. The number of aromatic nitrogens is 4. The molecule has 312 valence electrons. The zero-order chi connectivity index (χ0) is 41.4. The molecule has 3 heterocycles. The minimum Gasteiger partial charge on any atom is -0.393 e. The van der Waals surface area contributed by atoms with Crippen molar-refractivity contribution in [2.24, 2.45) is 5.41 Å². The molecule has 29 heteroatoms. The Morgan fingerprint density at radius 1 is 1.05 bits per heavy atom. The number of aliphatic hydroxyl groups excluding tert-OH is 3. The predicted octanol–water partition coefficient (Wildman–Crippen LogP) is -1.17. The van der Waals surface area contributed by atoms with Crippen LogP contribution in [0.25, 0.3) is 11.2 Å². The van der Waals surface area contributed by atoms with Gasteiger partial charge in [-0.25, -0.2) is 28.6 Å². The average Bonchev–Trinajstić information content (AvgIpc) is 3.64. The van der Waals surface area contributed by atoms with Gasteiger partial charge in [0.2, 0.25) is 11.8 Å². The third kappa shape index (κ3) is 14.4. The lowest BCUT2D eigenvalue weighted by Crippen LogP contribution is -2.46. The summed E-state index contributed by atoms with van der Waals surface area (Å²) in [5.41, 5.74) is 4.23. The highest BCUT2D eigenvalue weighted by atomic mass is 32.2. The highest BCUT2D eigenvalue weighted by molar-refractivity contribution is 8.13. The number of hydrogen-bond acceptors (Lipinski definition) is 19. The number of carbonyl (C=O) groups is 3. The van der Waals surface area contributed by atoms with Crippen LogP contribution in [0.15, 0.2) is 12.7 Å². The highest BCUT2D eigenvalue weighted by Crippen LogP contribution is 2.61. The monoisotopic (exact) mass is 867 g/mol. The fraction of sp³-hybridized carbons (Fsp3) is 0.692. The van der Waals surface area contributed by atoms with Crippen LogP contribution in [0.3, 0.4) is 0 Å². The molecule has 0 spiro atoms. The molecule has 1 aliphatic heterocycles. The average molecular weight is 868 g/mol. The molecule has 2 aromatic heterocycles. The SMILES string of the molecule is CC[C@@H](O)CC(=O)SCCNC(=O)CCNC(=O)C(O)C(C)(C)COP(=O)(O)OP(=O)(O)OC[C@H]1O[C@@H](n2cnc3c(N)ncnc32)[C@H](O)[C@@H]1OP(=O)(O)O. The Balaban J connectivity index is 1.49. The molecule has 2 aromatic rings. The van der Waals surface area contributed by atoms with E-state index < -0.39 is 90.7 Å². The van der Waals surface area contributed by atoms with Crippen molar-refractivity contribution in [2.75, 3.05) is 37.8 Å². The van der Waals surface area contributed by atoms with Gasteiger partial charge in [0.1, 0.15) is 36.3 Å². The Bertz CT molecular complexity index is 1800. The molecule has 11 N–H and O–H groups in total. The van der Waals surface area contributed by atoms with Gasteiger partial charge in [0.15, 0.2) is 22.8 Å². The third-order valence-corrected chi connectivity index (χ3v) is 11.6. The highest BCUT2D eigenvalue weighted by Gasteiger charge is 2.50. The minimum atomic E-state index is -5.57. The Kier molecular flexibility index (Phi) is 16.9. The number of hydrogen-bond donors (Lipinski definition) is 10. The Labute approximate surface area is 317 Å². The molecule has 0 aliphatic carbocycles. The topological polar surface area (TPSA) is 384 Å². The van der Waals surface area contributed by atoms with Crippen LogP contribution in [0.2, 0.25) is 0 Å². The first-order valence-electron chi connectivity index (χ1n) is 16.2. The summed E-state index contributed by atoms with van der Waals surface area (Å²) in [5, 5.41) is 35.5. The van der Waals surface area contributed by atoms with E-state index >= 15 is 0 Å². The molecule has 0 aromatic carbocycles. The van der Waals surface area contributed by atoms with Crippen LogP contribution in [0.4, 0.5) is 5.82 Å². The van der Waals surface area contributed by atoms with Gasteiger partial charge in [-0.05, 0) is 6.42 Å². The Hall–Kier alpha value is -2.48. The maximum absolute atomic E-state index is 12.7. The molecule has 0 saturated carbocycles. The van der Waals surface area contributed by atoms with Crippen molar-refractivity contribution in [3.05, 3.63) is 12.7 Å². The van der Waals surface area contributed by atoms with Crippen LogP contribution in [0.1, 0.15) is 46.3 Å². The predicted molar refractivity (Wildman–Crippen MR) is 188 cm³/mol. The van der Waals surface area contributed by atoms with Crippen LogP contribution in [0.5, 0.6) is 0 Å². The van der Waals surface area contributed by atoms with Gasteiger partial charge in [-0.3, -0.25) is 32.5 Å². The second kappa shape index (κ2) is 19.8. The summed E-state index contributed by atoms with van der Waals surface area (Å²) in [6.45, 7) is 2.11. The number of imidazole rings is 1. The number of phosphoric ester groups is 3. The second-order valence-electron chi connectivity index (χ2n) is 12.6. The van der Waals surface area contributed by atoms with E-state index in [-0.39, 0.29) is 53.8 Å². The molecule has 2 amide bonds. The molecule has 0 bridgehead atoms. The van der Waals surface area contributed by atoms with Gasteiger partial charge in [0.25, 0.3) is 0 Å². The van der Waals surface area contributed by atoms with Crippen LogP contribution in [-0.4, -0.2) is 134 Å². The number of carbonyl (C=O) groups excluding carboxylic acids is 3. The van der Waals surface area contributed by atoms with Crippen LogP contribution in [0, 0.1) is 5.41 Å². The van der Waals surface area contributed by atoms with E-state index in [1.165, 1.54) is 13.8 Å². The van der Waals surface area contributed by atoms with Crippen molar-refractivity contribution >= 4 is 69.1 Å². The van der Waals surface area contributed by atoms with Crippen molar-refractivity contribution in [1.29, 1.82) is 0 Å². The molecule has 1 aliphatic rings. The van der Waals surface area contributed by atoms with Crippen molar-refractivity contribution < 1.29 is 85.6 Å². The number of phosphoric acid groups is 3. The molecular weight excluding hydrogens is 823 g/mol. The number of nitrogens with two attached hydrogens (primary N) is 1. The lowest BCUT2D eigenvalue weighted by molar-refractivity contribution is -0.137. The number of ether oxygens (including phenoxy) is 1. The molecule has 1 fully saturated rings. The number of nitrogen functional groups attached to an aromatic ring is 1. The van der Waals surface area contributed by atoms with Crippen molar-refractivity contribution in [2.45, 2.75) is 76.8 Å². The van der Waals surface area contributed by atoms with Gasteiger partial charge in [-0.1, -0.05) is 32.5 Å². The summed E-state index contributed by atoms with van der Waals surface area (Å²) in [6.07, 6.45) is -7.28. The van der Waals surface area contributed by atoms with Crippen molar-refractivity contribution in [3.63, 3.8) is 0 Å². The van der Waals surface area contributed by atoms with Crippen molar-refractivity contribution in [3.8, 4) is 0 Å². The largest absolute Gasteiger partial charge is 0.481 e. The summed E-state index contributed by atoms with van der Waals surface area (Å²) in [7, 11) is -16.4. The molecule has 0 radical (unpaired) electrons. The maximum atomic E-state index is 12.7. The van der Waals surface area contributed by atoms with E-state index in [1.54, 1.807) is 6.92 Å². The second-order valence-corrected chi connectivity index (χ2v) is 17.9. The van der Waals surface area contributed by atoms with Gasteiger partial charge < -0.3 is 56.0 Å². The molecule has 1 saturated heterocycles. The normalized spacial score (nSPS) is 22.4. The summed E-state index contributed by atoms with van der Waals surface area (Å²) >= 11 is 0.954. The summed E-state index contributed by atoms with van der Waals surface area (Å²) in [6, 6.07) is 0. The standard InChI is InChI=1S/C26H44N7O18P3S/c1-4-14(34)9-17(36)55-8-7-28-16(35)5-6-29-24(39)21(38)26(2,3)11-48-54(45,46)51-53(43,44)47-10-15-20(50-52(40,41)42)19(37)25(49-15)33-13-32-18-22(27)30-12-31-23(18)33/h12-15,19-21,25,34,37-38H,4-11H2,1-3H3,(H,28,35)(H,29,39)(H,43,44)(H,45,46)(H2,27,30,31)(H2,40,41,42)/t14-,15-,19-,20-,21?,25-/m1/s1. The first kappa shape index (κ1) is 46.9. The number of anilines is 1. The fourth-order valence-electron chi connectivity index (χ4n) is 4.69. The fourth-order valence-corrected chi connectivity index (χ4v) is 8.26. The molecule has 8 atom stereocenters. The van der Waals surface area contributed by atoms with Crippen molar-refractivity contribution in [1.82, 2.24) is 30.2 Å². The first-order valence-corrected chi connectivity index (χ1v) is 21.7. The number of aliphatic hydroxyl groups is 3. The quantitative estimate of drug-likeness (QED) is 0.0492. The minimum absolute atomic E-state index is 0.00298. The molecular formula is C26H44N7O18P3S.